The quantitative estimate of drug-likeness (QED) is 0.445. The first-order chi connectivity index (χ1) is 7.24. The molecule has 0 fully saturated rings. The third kappa shape index (κ3) is 8.02. The normalized spacial score (nSPS) is 14.3. The first-order valence-electron chi connectivity index (χ1n) is 5.96. The van der Waals surface area contributed by atoms with Crippen LogP contribution in [0, 0.1) is 37.7 Å². The van der Waals surface area contributed by atoms with Crippen LogP contribution in [0.15, 0.2) is 0 Å². The Bertz CT molecular complexity index is 193. The number of hydrogen-bond donors (Lipinski definition) is 1. The molecule has 0 saturated carbocycles. The van der Waals surface area contributed by atoms with Gasteiger partial charge in [-0.05, 0) is 24.6 Å². The van der Waals surface area contributed by atoms with Crippen molar-refractivity contribution >= 4 is 8.32 Å². The summed E-state index contributed by atoms with van der Waals surface area (Å²) < 4.78 is 11.4. The van der Waals surface area contributed by atoms with E-state index in [-0.39, 0.29) is 48.9 Å². The molecule has 0 aromatic heterocycles. The first kappa shape index (κ1) is 20.5. The predicted molar refractivity (Wildman–Crippen MR) is 69.7 cm³/mol. The van der Waals surface area contributed by atoms with Gasteiger partial charge in [0, 0.05) is 37.2 Å². The molecule has 0 unspecified atom stereocenters. The molecule has 3 nitrogen and oxygen atoms in total. The van der Waals surface area contributed by atoms with Crippen LogP contribution >= 0.6 is 0 Å². The maximum absolute atomic E-state index is 8.66. The fourth-order valence-electron chi connectivity index (χ4n) is 0.950. The zero-order valence-electron chi connectivity index (χ0n) is 12.0. The zero-order chi connectivity index (χ0) is 12.8. The average Bonchev–Trinajstić information content (AvgIpc) is 2.16. The third-order valence-corrected chi connectivity index (χ3v) is 7.76. The van der Waals surface area contributed by atoms with E-state index in [1.807, 2.05) is 0 Å². The molecule has 0 aromatic rings. The summed E-state index contributed by atoms with van der Waals surface area (Å²) in [7, 11) is -1.68. The van der Waals surface area contributed by atoms with Crippen LogP contribution in [-0.4, -0.2) is 32.7 Å². The minimum absolute atomic E-state index is 0. The monoisotopic (exact) mass is 485 g/mol. The molecular weight excluding hydrogens is 458 g/mol. The summed E-state index contributed by atoms with van der Waals surface area (Å²) in [6.45, 7) is 15.2. The maximum Gasteiger partial charge on any atom is 0.192 e. The fraction of sp³-hybridized carbons (Fsp3) is 0.917. The minimum Gasteiger partial charge on any atom is -0.546 e. The van der Waals surface area contributed by atoms with Gasteiger partial charge >= 0.3 is 0 Å². The van der Waals surface area contributed by atoms with E-state index in [1.54, 1.807) is 0 Å². The van der Waals surface area contributed by atoms with Crippen molar-refractivity contribution in [2.45, 2.75) is 58.4 Å². The van der Waals surface area contributed by atoms with Crippen molar-refractivity contribution in [1.29, 1.82) is 0 Å². The van der Waals surface area contributed by atoms with Gasteiger partial charge in [0.25, 0.3) is 0 Å². The number of aliphatic hydroxyl groups is 1. The van der Waals surface area contributed by atoms with E-state index in [0.717, 1.165) is 6.42 Å². The summed E-state index contributed by atoms with van der Waals surface area (Å²) in [4.78, 5) is 0. The summed E-state index contributed by atoms with van der Waals surface area (Å²) in [5, 5.41) is 8.88. The van der Waals surface area contributed by atoms with E-state index in [2.05, 4.69) is 40.8 Å². The van der Waals surface area contributed by atoms with E-state index < -0.39 is 8.32 Å². The number of ether oxygens (including phenoxy) is 1. The summed E-state index contributed by atoms with van der Waals surface area (Å²) in [6, 6.07) is 0. The zero-order valence-corrected chi connectivity index (χ0v) is 17.2. The molecule has 1 N–H and O–H groups in total. The van der Waals surface area contributed by atoms with E-state index in [9.17, 15) is 0 Å². The molecule has 0 aliphatic carbocycles. The summed E-state index contributed by atoms with van der Waals surface area (Å²) in [5.74, 6) is 0. The molecule has 5 heteroatoms. The molecule has 0 aromatic carbocycles. The van der Waals surface area contributed by atoms with Crippen LogP contribution in [-0.2, 0) is 9.16 Å². The molecular formula is C12H27O3SiU-. The Kier molecular flexibility index (Phi) is 11.0. The van der Waals surface area contributed by atoms with E-state index in [0.29, 0.717) is 6.61 Å². The first-order valence-corrected chi connectivity index (χ1v) is 8.87. The second kappa shape index (κ2) is 9.12. The molecule has 1 atom stereocenters. The van der Waals surface area contributed by atoms with Gasteiger partial charge < -0.3 is 14.3 Å². The van der Waals surface area contributed by atoms with Crippen molar-refractivity contribution in [1.82, 2.24) is 0 Å². The SMILES string of the molecule is CC[C@H](CO[Si](C)(C)C(C)(C)C)O[CH-]CO.[U]. The van der Waals surface area contributed by atoms with E-state index >= 15 is 0 Å². The number of hydrogen-bond acceptors (Lipinski definition) is 3. The Balaban J connectivity index is 0. The van der Waals surface area contributed by atoms with Gasteiger partial charge in [-0.2, -0.15) is 6.61 Å². The summed E-state index contributed by atoms with van der Waals surface area (Å²) in [6.07, 6.45) is 0.951. The molecule has 0 rings (SSSR count). The molecule has 0 saturated heterocycles. The van der Waals surface area contributed by atoms with Crippen LogP contribution in [0.4, 0.5) is 0 Å². The molecule has 17 heavy (non-hydrogen) atoms. The largest absolute Gasteiger partial charge is 0.546 e. The molecule has 0 radical (unpaired) electrons. The van der Waals surface area contributed by atoms with Crippen molar-refractivity contribution in [3.05, 3.63) is 6.61 Å². The Morgan fingerprint density at radius 3 is 2.18 bits per heavy atom. The molecule has 102 valence electrons. The Morgan fingerprint density at radius 1 is 1.29 bits per heavy atom. The molecule has 0 aliphatic rings. The predicted octanol–water partition coefficient (Wildman–Crippen LogP) is 2.96. The number of aliphatic hydroxyl groups excluding tert-OH is 1. The van der Waals surface area contributed by atoms with E-state index in [4.69, 9.17) is 14.3 Å². The van der Waals surface area contributed by atoms with Gasteiger partial charge in [0.15, 0.2) is 8.32 Å². The van der Waals surface area contributed by atoms with Crippen LogP contribution in [0.3, 0.4) is 0 Å². The van der Waals surface area contributed by atoms with Crippen molar-refractivity contribution < 1.29 is 45.4 Å². The van der Waals surface area contributed by atoms with Crippen LogP contribution in [0.2, 0.25) is 18.1 Å². The van der Waals surface area contributed by atoms with Crippen molar-refractivity contribution in [2.75, 3.05) is 13.2 Å². The van der Waals surface area contributed by atoms with Gasteiger partial charge in [-0.1, -0.05) is 34.3 Å². The van der Waals surface area contributed by atoms with Gasteiger partial charge in [0.1, 0.15) is 0 Å². The van der Waals surface area contributed by atoms with E-state index in [1.165, 1.54) is 6.61 Å². The topological polar surface area (TPSA) is 38.7 Å². The molecule has 0 amide bonds. The van der Waals surface area contributed by atoms with Crippen LogP contribution < -0.4 is 0 Å². The Hall–Kier alpha value is 1.15. The van der Waals surface area contributed by atoms with Gasteiger partial charge in [-0.3, -0.25) is 0 Å². The fourth-order valence-corrected chi connectivity index (χ4v) is 1.99. The number of rotatable bonds is 7. The summed E-state index contributed by atoms with van der Waals surface area (Å²) >= 11 is 0. The smallest absolute Gasteiger partial charge is 0.192 e. The molecule has 0 spiro atoms. The van der Waals surface area contributed by atoms with Crippen LogP contribution in [0.5, 0.6) is 0 Å². The van der Waals surface area contributed by atoms with Gasteiger partial charge in [-0.15, -0.1) is 0 Å². The molecule has 0 aliphatic heterocycles. The average molecular weight is 485 g/mol. The Morgan fingerprint density at radius 2 is 1.82 bits per heavy atom. The maximum atomic E-state index is 8.66. The van der Waals surface area contributed by atoms with Crippen molar-refractivity contribution in [3.63, 3.8) is 0 Å². The standard InChI is InChI=1S/C12H27O3Si.U/c1-7-11(14-9-8-13)10-15-16(5,6)12(2,3)4;/h9,11,13H,7-8,10H2,1-6H3;/q-1;/t11-;/m1./s1. The summed E-state index contributed by atoms with van der Waals surface area (Å²) in [5.41, 5.74) is 0. The second-order valence-corrected chi connectivity index (χ2v) is 10.4. The van der Waals surface area contributed by atoms with Crippen LogP contribution in [0.1, 0.15) is 34.1 Å². The van der Waals surface area contributed by atoms with Gasteiger partial charge in [0.2, 0.25) is 0 Å². The molecule has 0 bridgehead atoms. The van der Waals surface area contributed by atoms with Crippen molar-refractivity contribution in [3.8, 4) is 0 Å². The van der Waals surface area contributed by atoms with Gasteiger partial charge in [-0.25, -0.2) is 0 Å². The van der Waals surface area contributed by atoms with Crippen LogP contribution in [0.25, 0.3) is 0 Å². The Labute approximate surface area is 131 Å². The van der Waals surface area contributed by atoms with Gasteiger partial charge in [0.05, 0.1) is 6.61 Å². The third-order valence-electron chi connectivity index (χ3n) is 3.25. The minimum atomic E-state index is -1.68. The molecule has 0 heterocycles. The second-order valence-electron chi connectivity index (χ2n) is 5.59. The van der Waals surface area contributed by atoms with Crippen molar-refractivity contribution in [2.24, 2.45) is 0 Å².